The summed E-state index contributed by atoms with van der Waals surface area (Å²) in [5.74, 6) is 0.602. The van der Waals surface area contributed by atoms with Gasteiger partial charge in [0, 0.05) is 30.7 Å². The Kier molecular flexibility index (Phi) is 4.21. The molecule has 1 N–H and O–H groups in total. The van der Waals surface area contributed by atoms with Crippen molar-refractivity contribution >= 4 is 23.1 Å². The van der Waals surface area contributed by atoms with E-state index < -0.39 is 0 Å². The van der Waals surface area contributed by atoms with Crippen molar-refractivity contribution in [2.45, 2.75) is 13.5 Å². The van der Waals surface area contributed by atoms with Gasteiger partial charge in [-0.3, -0.25) is 14.5 Å². The van der Waals surface area contributed by atoms with Crippen LogP contribution in [0.3, 0.4) is 0 Å². The zero-order valence-corrected chi connectivity index (χ0v) is 16.6. The third kappa shape index (κ3) is 3.01. The SMILES string of the molecule is Cc1c2c(nn1C)OCCOCc1c(cnn1C)-c1ccc3n[nH]c(c3c1)/C=C/2. The molecule has 0 saturated carbocycles. The molecule has 1 aromatic carbocycles. The summed E-state index contributed by atoms with van der Waals surface area (Å²) in [6.45, 7) is 3.37. The van der Waals surface area contributed by atoms with Crippen LogP contribution in [0.1, 0.15) is 22.6 Å². The van der Waals surface area contributed by atoms with Gasteiger partial charge in [-0.2, -0.15) is 10.2 Å². The van der Waals surface area contributed by atoms with Crippen molar-refractivity contribution in [3.05, 3.63) is 47.0 Å². The number of fused-ring (bicyclic) bond motifs is 4. The van der Waals surface area contributed by atoms with Crippen molar-refractivity contribution < 1.29 is 9.47 Å². The Morgan fingerprint density at radius 2 is 2.00 bits per heavy atom. The van der Waals surface area contributed by atoms with Crippen LogP contribution in [-0.2, 0) is 25.4 Å². The Morgan fingerprint density at radius 3 is 2.90 bits per heavy atom. The smallest absolute Gasteiger partial charge is 0.240 e. The van der Waals surface area contributed by atoms with Gasteiger partial charge in [-0.1, -0.05) is 6.07 Å². The lowest BCUT2D eigenvalue weighted by atomic mass is 10.0. The minimum Gasteiger partial charge on any atom is -0.474 e. The summed E-state index contributed by atoms with van der Waals surface area (Å²) in [5.41, 5.74) is 7.01. The molecule has 0 radical (unpaired) electrons. The van der Waals surface area contributed by atoms with Gasteiger partial charge >= 0.3 is 0 Å². The number of hydrogen-bond acceptors (Lipinski definition) is 5. The number of nitrogens with zero attached hydrogens (tertiary/aromatic N) is 5. The normalized spacial score (nSPS) is 15.4. The molecule has 29 heavy (non-hydrogen) atoms. The van der Waals surface area contributed by atoms with Gasteiger partial charge in [0.1, 0.15) is 6.61 Å². The fourth-order valence-electron chi connectivity index (χ4n) is 3.63. The van der Waals surface area contributed by atoms with Crippen molar-refractivity contribution in [2.24, 2.45) is 14.1 Å². The number of nitrogens with one attached hydrogen (secondary N) is 1. The molecule has 0 amide bonds. The maximum Gasteiger partial charge on any atom is 0.240 e. The number of ether oxygens (including phenoxy) is 2. The molecule has 5 rings (SSSR count). The first-order valence-electron chi connectivity index (χ1n) is 9.53. The van der Waals surface area contributed by atoms with Crippen LogP contribution in [0.2, 0.25) is 0 Å². The maximum atomic E-state index is 5.91. The van der Waals surface area contributed by atoms with E-state index in [9.17, 15) is 0 Å². The average Bonchev–Trinajstić information content (AvgIpc) is 3.36. The van der Waals surface area contributed by atoms with Crippen molar-refractivity contribution in [1.29, 1.82) is 0 Å². The molecule has 1 aliphatic heterocycles. The van der Waals surface area contributed by atoms with Gasteiger partial charge < -0.3 is 9.47 Å². The highest BCUT2D eigenvalue weighted by atomic mass is 16.5. The Bertz CT molecular complexity index is 1230. The Morgan fingerprint density at radius 1 is 1.10 bits per heavy atom. The van der Waals surface area contributed by atoms with E-state index in [1.165, 1.54) is 0 Å². The van der Waals surface area contributed by atoms with Crippen LogP contribution in [0.15, 0.2) is 24.4 Å². The topological polar surface area (TPSA) is 82.8 Å². The summed E-state index contributed by atoms with van der Waals surface area (Å²) in [6, 6.07) is 6.24. The Balaban J connectivity index is 1.67. The van der Waals surface area contributed by atoms with Crippen molar-refractivity contribution in [3.63, 3.8) is 0 Å². The van der Waals surface area contributed by atoms with Crippen molar-refractivity contribution in [3.8, 4) is 17.0 Å². The van der Waals surface area contributed by atoms with Crippen LogP contribution in [0.5, 0.6) is 5.88 Å². The number of benzene rings is 1. The monoisotopic (exact) mass is 390 g/mol. The summed E-state index contributed by atoms with van der Waals surface area (Å²) in [6.07, 6.45) is 5.93. The highest BCUT2D eigenvalue weighted by molar-refractivity contribution is 5.93. The number of aromatic amines is 1. The minimum atomic E-state index is 0.423. The lowest BCUT2D eigenvalue weighted by Gasteiger charge is -2.09. The van der Waals surface area contributed by atoms with Crippen LogP contribution < -0.4 is 4.74 Å². The molecule has 2 bridgehead atoms. The van der Waals surface area contributed by atoms with Gasteiger partial charge in [0.25, 0.3) is 0 Å². The number of aromatic nitrogens is 6. The molecular weight excluding hydrogens is 368 g/mol. The molecule has 4 aromatic rings. The number of rotatable bonds is 0. The van der Waals surface area contributed by atoms with Gasteiger partial charge in [-0.25, -0.2) is 0 Å². The van der Waals surface area contributed by atoms with Crippen LogP contribution in [0.4, 0.5) is 0 Å². The second kappa shape index (κ2) is 6.89. The first-order chi connectivity index (χ1) is 14.1. The van der Waals surface area contributed by atoms with Gasteiger partial charge in [0.2, 0.25) is 5.88 Å². The highest BCUT2D eigenvalue weighted by Gasteiger charge is 2.15. The zero-order chi connectivity index (χ0) is 20.0. The van der Waals surface area contributed by atoms with E-state index in [-0.39, 0.29) is 0 Å². The molecule has 148 valence electrons. The van der Waals surface area contributed by atoms with E-state index >= 15 is 0 Å². The minimum absolute atomic E-state index is 0.423. The second-order valence-electron chi connectivity index (χ2n) is 7.16. The van der Waals surface area contributed by atoms with E-state index in [0.717, 1.165) is 44.7 Å². The molecule has 0 unspecified atom stereocenters. The summed E-state index contributed by atoms with van der Waals surface area (Å²) in [5, 5.41) is 17.5. The van der Waals surface area contributed by atoms with Crippen LogP contribution >= 0.6 is 0 Å². The molecule has 0 saturated heterocycles. The fourth-order valence-corrected chi connectivity index (χ4v) is 3.63. The van der Waals surface area contributed by atoms with E-state index in [1.807, 2.05) is 54.8 Å². The lowest BCUT2D eigenvalue weighted by molar-refractivity contribution is 0.0837. The van der Waals surface area contributed by atoms with Gasteiger partial charge in [0.05, 0.1) is 41.9 Å². The van der Waals surface area contributed by atoms with E-state index in [2.05, 4.69) is 32.5 Å². The van der Waals surface area contributed by atoms with E-state index in [4.69, 9.17) is 9.47 Å². The lowest BCUT2D eigenvalue weighted by Crippen LogP contribution is -2.10. The third-order valence-electron chi connectivity index (χ3n) is 5.42. The third-order valence-corrected chi connectivity index (χ3v) is 5.42. The Hall–Kier alpha value is -3.39. The number of H-pyrrole nitrogens is 1. The van der Waals surface area contributed by atoms with Gasteiger partial charge in [0.15, 0.2) is 0 Å². The predicted molar refractivity (Wildman–Crippen MR) is 110 cm³/mol. The second-order valence-corrected chi connectivity index (χ2v) is 7.16. The number of hydrogen-bond donors (Lipinski definition) is 1. The molecule has 0 aliphatic carbocycles. The first kappa shape index (κ1) is 17.7. The predicted octanol–water partition coefficient (Wildman–Crippen LogP) is 3.08. The molecule has 3 aromatic heterocycles. The largest absolute Gasteiger partial charge is 0.474 e. The summed E-state index contributed by atoms with van der Waals surface area (Å²) in [4.78, 5) is 0. The maximum absolute atomic E-state index is 5.91. The molecule has 0 atom stereocenters. The summed E-state index contributed by atoms with van der Waals surface area (Å²) < 4.78 is 15.5. The highest BCUT2D eigenvalue weighted by Crippen LogP contribution is 2.30. The molecule has 0 spiro atoms. The quantitative estimate of drug-likeness (QED) is 0.499. The molecule has 8 nitrogen and oxygen atoms in total. The molecule has 8 heteroatoms. The average molecular weight is 390 g/mol. The van der Waals surface area contributed by atoms with Gasteiger partial charge in [-0.05, 0) is 36.8 Å². The number of aryl methyl sites for hydroxylation is 2. The standard InChI is InChI=1S/C21H22N6O2/c1-13-15-5-7-19-16-10-14(4-6-18(16)23-24-19)17-11-22-27(3)20(17)12-28-8-9-29-21(15)25-26(13)2/h4-7,10-11H,8-9,12H2,1-3H3,(H,23,24)/b7-5+. The fraction of sp³-hybridized carbons (Fsp3) is 0.286. The van der Waals surface area contributed by atoms with Crippen LogP contribution in [0, 0.1) is 6.92 Å². The first-order valence-corrected chi connectivity index (χ1v) is 9.53. The zero-order valence-electron chi connectivity index (χ0n) is 16.6. The molecule has 0 fully saturated rings. The molecule has 4 heterocycles. The summed E-state index contributed by atoms with van der Waals surface area (Å²) in [7, 11) is 3.84. The van der Waals surface area contributed by atoms with Crippen molar-refractivity contribution in [2.75, 3.05) is 13.2 Å². The van der Waals surface area contributed by atoms with E-state index in [1.54, 1.807) is 0 Å². The van der Waals surface area contributed by atoms with Crippen molar-refractivity contribution in [1.82, 2.24) is 29.8 Å². The molecular formula is C21H22N6O2. The molecule has 1 aliphatic rings. The van der Waals surface area contributed by atoms with Crippen LogP contribution in [-0.4, -0.2) is 43.0 Å². The van der Waals surface area contributed by atoms with E-state index in [0.29, 0.717) is 25.7 Å². The van der Waals surface area contributed by atoms with Crippen LogP contribution in [0.25, 0.3) is 34.2 Å². The summed E-state index contributed by atoms with van der Waals surface area (Å²) >= 11 is 0. The van der Waals surface area contributed by atoms with Gasteiger partial charge in [-0.15, -0.1) is 5.10 Å². The Labute approximate surface area is 167 Å².